The summed E-state index contributed by atoms with van der Waals surface area (Å²) in [7, 11) is 1.97. The monoisotopic (exact) mass is 525 g/mol. The summed E-state index contributed by atoms with van der Waals surface area (Å²) in [5.74, 6) is 0.479. The number of hydrogen-bond acceptors (Lipinski definition) is 3. The van der Waals surface area contributed by atoms with E-state index in [1.807, 2.05) is 33.1 Å². The molecule has 8 nitrogen and oxygen atoms in total. The molecule has 11 heteroatoms. The lowest BCUT2D eigenvalue weighted by molar-refractivity contribution is 0.362. The Morgan fingerprint density at radius 2 is 2.03 bits per heavy atom. The number of nitrogens with one attached hydrogen (secondary N) is 2. The van der Waals surface area contributed by atoms with E-state index in [-0.39, 0.29) is 12.0 Å². The van der Waals surface area contributed by atoms with Crippen molar-refractivity contribution >= 4 is 40.3 Å². The standard InChI is InChI=1S/C23H33Cl2N7OS/c1-30-21(15-20(29-30)18-7-2-8-19(24)22(18)25)16-5-3-12-31(14-10-16)34(33)28-11-9-17-6-4-13-32(17)23(26)27/h2,7-8,15-17,28H,3-6,9-14H2,1H3,(H3,26,27). The van der Waals surface area contributed by atoms with Crippen LogP contribution in [-0.2, 0) is 18.2 Å². The second kappa shape index (κ2) is 11.4. The van der Waals surface area contributed by atoms with Crippen molar-refractivity contribution in [2.24, 2.45) is 12.8 Å². The lowest BCUT2D eigenvalue weighted by atomic mass is 9.96. The Morgan fingerprint density at radius 3 is 2.82 bits per heavy atom. The molecular weight excluding hydrogens is 493 g/mol. The van der Waals surface area contributed by atoms with Crippen molar-refractivity contribution in [2.45, 2.75) is 50.5 Å². The Balaban J connectivity index is 1.33. The molecular formula is C23H33Cl2N7OS. The fraction of sp³-hybridized carbons (Fsp3) is 0.565. The quantitative estimate of drug-likeness (QED) is 0.376. The van der Waals surface area contributed by atoms with E-state index < -0.39 is 11.2 Å². The molecule has 0 spiro atoms. The van der Waals surface area contributed by atoms with Gasteiger partial charge in [-0.2, -0.15) is 5.10 Å². The third kappa shape index (κ3) is 5.76. The van der Waals surface area contributed by atoms with Gasteiger partial charge in [-0.1, -0.05) is 35.3 Å². The number of nitrogens with two attached hydrogens (primary N) is 1. The molecule has 0 bridgehead atoms. The second-order valence-electron chi connectivity index (χ2n) is 9.04. The third-order valence-corrected chi connectivity index (χ3v) is 8.98. The molecule has 1 aromatic carbocycles. The van der Waals surface area contributed by atoms with Crippen LogP contribution in [0.25, 0.3) is 11.3 Å². The third-order valence-electron chi connectivity index (χ3n) is 6.87. The van der Waals surface area contributed by atoms with E-state index in [1.165, 1.54) is 0 Å². The number of likely N-dealkylation sites (tertiary alicyclic amines) is 1. The maximum absolute atomic E-state index is 12.9. The van der Waals surface area contributed by atoms with Gasteiger partial charge < -0.3 is 10.6 Å². The predicted molar refractivity (Wildman–Crippen MR) is 139 cm³/mol. The molecule has 2 saturated heterocycles. The summed E-state index contributed by atoms with van der Waals surface area (Å²) < 4.78 is 20.1. The molecule has 2 aliphatic rings. The molecule has 3 atom stereocenters. The zero-order valence-electron chi connectivity index (χ0n) is 19.5. The van der Waals surface area contributed by atoms with Gasteiger partial charge in [0.2, 0.25) is 0 Å². The van der Waals surface area contributed by atoms with Crippen molar-refractivity contribution in [3.63, 3.8) is 0 Å². The van der Waals surface area contributed by atoms with Crippen molar-refractivity contribution in [3.8, 4) is 11.3 Å². The number of hydrogen-bond donors (Lipinski definition) is 3. The molecule has 0 aliphatic carbocycles. The Kier molecular flexibility index (Phi) is 8.52. The summed E-state index contributed by atoms with van der Waals surface area (Å²) >= 11 is 11.4. The fourth-order valence-corrected chi connectivity index (χ4v) is 6.52. The zero-order valence-corrected chi connectivity index (χ0v) is 21.8. The Hall–Kier alpha value is -1.65. The van der Waals surface area contributed by atoms with Gasteiger partial charge >= 0.3 is 0 Å². The highest BCUT2D eigenvalue weighted by Gasteiger charge is 2.27. The number of nitrogens with zero attached hydrogens (tertiary/aromatic N) is 4. The van der Waals surface area contributed by atoms with Crippen LogP contribution in [-0.4, -0.2) is 61.4 Å². The van der Waals surface area contributed by atoms with Gasteiger partial charge in [-0.3, -0.25) is 10.1 Å². The van der Waals surface area contributed by atoms with E-state index in [4.69, 9.17) is 39.4 Å². The lowest BCUT2D eigenvalue weighted by Gasteiger charge is -2.25. The molecule has 2 aromatic rings. The molecule has 1 aromatic heterocycles. The van der Waals surface area contributed by atoms with Crippen LogP contribution in [0.5, 0.6) is 0 Å². The number of guanidine groups is 1. The molecule has 0 radical (unpaired) electrons. The van der Waals surface area contributed by atoms with Crippen molar-refractivity contribution < 1.29 is 4.21 Å². The van der Waals surface area contributed by atoms with Crippen molar-refractivity contribution in [1.82, 2.24) is 23.7 Å². The highest BCUT2D eigenvalue weighted by Crippen LogP contribution is 2.35. The van der Waals surface area contributed by atoms with Gasteiger partial charge in [0.25, 0.3) is 0 Å². The van der Waals surface area contributed by atoms with Crippen LogP contribution in [0.15, 0.2) is 24.3 Å². The van der Waals surface area contributed by atoms with Crippen LogP contribution < -0.4 is 10.5 Å². The van der Waals surface area contributed by atoms with Crippen molar-refractivity contribution in [1.29, 1.82) is 5.41 Å². The Morgan fingerprint density at radius 1 is 1.24 bits per heavy atom. The molecule has 3 heterocycles. The second-order valence-corrected chi connectivity index (χ2v) is 11.1. The minimum Gasteiger partial charge on any atom is -0.370 e. The van der Waals surface area contributed by atoms with Crippen LogP contribution >= 0.6 is 23.2 Å². The molecule has 0 saturated carbocycles. The zero-order chi connectivity index (χ0) is 24.2. The summed E-state index contributed by atoms with van der Waals surface area (Å²) in [6.07, 6.45) is 5.83. The lowest BCUT2D eigenvalue weighted by Crippen LogP contribution is -2.42. The van der Waals surface area contributed by atoms with Gasteiger partial charge in [-0.15, -0.1) is 0 Å². The number of aryl methyl sites for hydroxylation is 1. The summed E-state index contributed by atoms with van der Waals surface area (Å²) in [4.78, 5) is 1.94. The predicted octanol–water partition coefficient (Wildman–Crippen LogP) is 3.88. The van der Waals surface area contributed by atoms with E-state index in [9.17, 15) is 4.21 Å². The first-order valence-corrected chi connectivity index (χ1v) is 13.7. The number of benzene rings is 1. The van der Waals surface area contributed by atoms with E-state index in [2.05, 4.69) is 10.8 Å². The van der Waals surface area contributed by atoms with E-state index >= 15 is 0 Å². The van der Waals surface area contributed by atoms with Gasteiger partial charge in [0.05, 0.1) is 15.7 Å². The van der Waals surface area contributed by atoms with Crippen molar-refractivity contribution in [2.75, 3.05) is 26.2 Å². The van der Waals surface area contributed by atoms with Gasteiger partial charge in [0, 0.05) is 56.4 Å². The van der Waals surface area contributed by atoms with Gasteiger partial charge in [0.1, 0.15) is 0 Å². The highest BCUT2D eigenvalue weighted by atomic mass is 35.5. The molecule has 4 N–H and O–H groups in total. The molecule has 3 unspecified atom stereocenters. The highest BCUT2D eigenvalue weighted by molar-refractivity contribution is 7.80. The van der Waals surface area contributed by atoms with Gasteiger partial charge in [-0.25, -0.2) is 13.2 Å². The molecule has 4 rings (SSSR count). The minimum absolute atomic E-state index is 0.137. The summed E-state index contributed by atoms with van der Waals surface area (Å²) in [5.41, 5.74) is 8.50. The smallest absolute Gasteiger partial charge is 0.188 e. The summed E-state index contributed by atoms with van der Waals surface area (Å²) in [6.45, 7) is 3.04. The minimum atomic E-state index is -1.22. The van der Waals surface area contributed by atoms with Crippen LogP contribution in [0.1, 0.15) is 50.1 Å². The van der Waals surface area contributed by atoms with Gasteiger partial charge in [0.15, 0.2) is 17.1 Å². The molecule has 2 fully saturated rings. The number of halogens is 2. The summed E-state index contributed by atoms with van der Waals surface area (Å²) in [5, 5.41) is 13.4. The number of aromatic nitrogens is 2. The topological polar surface area (TPSA) is 103 Å². The van der Waals surface area contributed by atoms with E-state index in [0.29, 0.717) is 22.5 Å². The van der Waals surface area contributed by atoms with Crippen LogP contribution in [0.4, 0.5) is 0 Å². The van der Waals surface area contributed by atoms with Gasteiger partial charge in [-0.05, 0) is 50.7 Å². The van der Waals surface area contributed by atoms with Crippen molar-refractivity contribution in [3.05, 3.63) is 40.0 Å². The van der Waals surface area contributed by atoms with Crippen LogP contribution in [0.3, 0.4) is 0 Å². The SMILES string of the molecule is Cn1nc(-c2cccc(Cl)c2Cl)cc1C1CCCN(S(=O)NCCC2CCCN2C(=N)N)CC1. The molecule has 186 valence electrons. The first kappa shape index (κ1) is 25.4. The molecule has 2 aliphatic heterocycles. The van der Waals surface area contributed by atoms with Crippen LogP contribution in [0, 0.1) is 5.41 Å². The molecule has 0 amide bonds. The van der Waals surface area contributed by atoms with E-state index in [1.54, 1.807) is 6.07 Å². The normalized spacial score (nSPS) is 22.6. The fourth-order valence-electron chi connectivity index (χ4n) is 5.09. The first-order valence-electron chi connectivity index (χ1n) is 11.8. The average Bonchev–Trinajstić information content (AvgIpc) is 3.35. The maximum atomic E-state index is 12.9. The Labute approximate surface area is 214 Å². The average molecular weight is 527 g/mol. The largest absolute Gasteiger partial charge is 0.370 e. The summed E-state index contributed by atoms with van der Waals surface area (Å²) in [6, 6.07) is 7.97. The van der Waals surface area contributed by atoms with E-state index in [0.717, 1.165) is 75.1 Å². The maximum Gasteiger partial charge on any atom is 0.188 e. The Bertz CT molecular complexity index is 1050. The number of rotatable bonds is 7. The molecule has 34 heavy (non-hydrogen) atoms. The van der Waals surface area contributed by atoms with Crippen LogP contribution in [0.2, 0.25) is 10.0 Å². The first-order chi connectivity index (χ1) is 16.3.